The van der Waals surface area contributed by atoms with E-state index < -0.39 is 41.3 Å². The average Bonchev–Trinajstić information content (AvgIpc) is 3.20. The topological polar surface area (TPSA) is 131 Å². The first-order chi connectivity index (χ1) is 16.0. The lowest BCUT2D eigenvalue weighted by atomic mass is 9.85. The average molecular weight is 476 g/mol. The summed E-state index contributed by atoms with van der Waals surface area (Å²) in [5.74, 6) is -1.77. The molecule has 3 unspecified atom stereocenters. The van der Waals surface area contributed by atoms with Crippen molar-refractivity contribution < 1.29 is 23.9 Å². The van der Waals surface area contributed by atoms with E-state index in [2.05, 4.69) is 20.6 Å². The third-order valence-corrected chi connectivity index (χ3v) is 5.93. The zero-order chi connectivity index (χ0) is 25.5. The number of rotatable bonds is 9. The van der Waals surface area contributed by atoms with Gasteiger partial charge in [0.15, 0.2) is 0 Å². The predicted octanol–water partition coefficient (Wildman–Crippen LogP) is 1.71. The first-order valence-electron chi connectivity index (χ1n) is 11.9. The third-order valence-electron chi connectivity index (χ3n) is 5.93. The summed E-state index contributed by atoms with van der Waals surface area (Å²) >= 11 is 0. The highest BCUT2D eigenvalue weighted by atomic mass is 16.5. The van der Waals surface area contributed by atoms with Crippen LogP contribution in [0.3, 0.4) is 0 Å². The molecular formula is C24H37N5O5. The molecule has 1 aromatic rings. The number of carbonyl (C=O) groups is 4. The Morgan fingerprint density at radius 2 is 1.88 bits per heavy atom. The molecule has 1 aliphatic heterocycles. The molecule has 10 heteroatoms. The fourth-order valence-corrected chi connectivity index (χ4v) is 4.16. The molecule has 0 aromatic carbocycles. The summed E-state index contributed by atoms with van der Waals surface area (Å²) in [5, 5.41) is 5.37. The number of nitrogens with one attached hydrogen (secondary N) is 2. The molecule has 188 valence electrons. The number of nitrogens with zero attached hydrogens (tertiary/aromatic N) is 3. The van der Waals surface area contributed by atoms with Gasteiger partial charge in [-0.1, -0.05) is 34.1 Å². The Balaban J connectivity index is 2.17. The van der Waals surface area contributed by atoms with Gasteiger partial charge in [-0.15, -0.1) is 0 Å². The fraction of sp³-hybridized carbons (Fsp3) is 0.667. The summed E-state index contributed by atoms with van der Waals surface area (Å²) in [6.07, 6.45) is 6.54. The van der Waals surface area contributed by atoms with E-state index in [-0.39, 0.29) is 24.1 Å². The first-order valence-corrected chi connectivity index (χ1v) is 11.9. The second-order valence-corrected chi connectivity index (χ2v) is 9.66. The van der Waals surface area contributed by atoms with Crippen LogP contribution in [0.1, 0.15) is 71.3 Å². The summed E-state index contributed by atoms with van der Waals surface area (Å²) in [6.45, 7) is 11.5. The number of hydrogen-bond donors (Lipinski definition) is 2. The Morgan fingerprint density at radius 1 is 1.18 bits per heavy atom. The van der Waals surface area contributed by atoms with Crippen molar-refractivity contribution in [3.05, 3.63) is 24.3 Å². The minimum atomic E-state index is -0.917. The molecule has 2 heterocycles. The number of esters is 1. The largest absolute Gasteiger partial charge is 0.464 e. The number of aromatic nitrogens is 2. The van der Waals surface area contributed by atoms with Crippen molar-refractivity contribution in [3.8, 4) is 0 Å². The van der Waals surface area contributed by atoms with Gasteiger partial charge in [0.1, 0.15) is 23.8 Å². The van der Waals surface area contributed by atoms with Crippen LogP contribution in [0.4, 0.5) is 0 Å². The van der Waals surface area contributed by atoms with Crippen molar-refractivity contribution in [3.63, 3.8) is 0 Å². The maximum Gasteiger partial charge on any atom is 0.329 e. The Hall–Kier alpha value is -3.04. The molecule has 0 bridgehead atoms. The van der Waals surface area contributed by atoms with E-state index in [4.69, 9.17) is 4.74 Å². The number of hydrogen-bond acceptors (Lipinski definition) is 7. The van der Waals surface area contributed by atoms with Crippen LogP contribution in [-0.2, 0) is 19.1 Å². The maximum atomic E-state index is 13.7. The highest BCUT2D eigenvalue weighted by molar-refractivity contribution is 5.97. The van der Waals surface area contributed by atoms with Crippen molar-refractivity contribution in [2.75, 3.05) is 13.2 Å². The van der Waals surface area contributed by atoms with Crippen LogP contribution in [0.2, 0.25) is 0 Å². The van der Waals surface area contributed by atoms with E-state index in [1.165, 1.54) is 25.5 Å². The second kappa shape index (κ2) is 11.9. The van der Waals surface area contributed by atoms with Crippen molar-refractivity contribution in [1.82, 2.24) is 25.5 Å². The minimum Gasteiger partial charge on any atom is -0.464 e. The molecule has 0 spiro atoms. The van der Waals surface area contributed by atoms with Gasteiger partial charge in [-0.25, -0.2) is 9.78 Å². The molecular weight excluding hydrogens is 438 g/mol. The molecule has 34 heavy (non-hydrogen) atoms. The Kier molecular flexibility index (Phi) is 9.52. The van der Waals surface area contributed by atoms with Gasteiger partial charge in [-0.3, -0.25) is 19.4 Å². The van der Waals surface area contributed by atoms with Gasteiger partial charge in [0.25, 0.3) is 5.91 Å². The van der Waals surface area contributed by atoms with E-state index in [1.807, 2.05) is 27.7 Å². The molecule has 1 aromatic heterocycles. The second-order valence-electron chi connectivity index (χ2n) is 9.66. The molecule has 2 N–H and O–H groups in total. The lowest BCUT2D eigenvalue weighted by Gasteiger charge is -2.36. The van der Waals surface area contributed by atoms with Gasteiger partial charge in [-0.2, -0.15) is 0 Å². The van der Waals surface area contributed by atoms with Gasteiger partial charge in [0, 0.05) is 18.9 Å². The van der Waals surface area contributed by atoms with E-state index in [1.54, 1.807) is 11.8 Å². The van der Waals surface area contributed by atoms with Crippen LogP contribution >= 0.6 is 0 Å². The molecule has 0 radical (unpaired) electrons. The molecule has 4 atom stereocenters. The fourth-order valence-electron chi connectivity index (χ4n) is 4.16. The van der Waals surface area contributed by atoms with E-state index >= 15 is 0 Å². The molecule has 2 rings (SSSR count). The minimum absolute atomic E-state index is 0.0227. The maximum absolute atomic E-state index is 13.7. The molecule has 1 saturated heterocycles. The lowest BCUT2D eigenvalue weighted by Crippen LogP contribution is -2.59. The predicted molar refractivity (Wildman–Crippen MR) is 125 cm³/mol. The van der Waals surface area contributed by atoms with Crippen molar-refractivity contribution >= 4 is 23.7 Å². The lowest BCUT2D eigenvalue weighted by molar-refractivity contribution is -0.156. The number of ether oxygens (including phenoxy) is 1. The summed E-state index contributed by atoms with van der Waals surface area (Å²) in [4.78, 5) is 61.0. The van der Waals surface area contributed by atoms with Gasteiger partial charge >= 0.3 is 5.97 Å². The zero-order valence-electron chi connectivity index (χ0n) is 21.0. The van der Waals surface area contributed by atoms with Gasteiger partial charge in [0.2, 0.25) is 11.8 Å². The molecule has 1 fully saturated rings. The van der Waals surface area contributed by atoms with Gasteiger partial charge < -0.3 is 20.3 Å². The summed E-state index contributed by atoms with van der Waals surface area (Å²) in [7, 11) is 0. The molecule has 0 aliphatic carbocycles. The smallest absolute Gasteiger partial charge is 0.329 e. The quantitative estimate of drug-likeness (QED) is 0.520. The first kappa shape index (κ1) is 27.2. The van der Waals surface area contributed by atoms with Gasteiger partial charge in [-0.05, 0) is 38.0 Å². The monoisotopic (exact) mass is 475 g/mol. The third kappa shape index (κ3) is 6.74. The number of carbonyl (C=O) groups excluding carboxylic acids is 4. The van der Waals surface area contributed by atoms with Crippen molar-refractivity contribution in [2.45, 2.75) is 78.9 Å². The SMILES string of the molecule is CCC[C@H]1CCN(C(=O)C(NC(=O)C(C)NC(=O)c2cnccn2)C(C)(C)C)C1C(=O)OCC. The van der Waals surface area contributed by atoms with Crippen LogP contribution in [0.15, 0.2) is 18.6 Å². The summed E-state index contributed by atoms with van der Waals surface area (Å²) < 4.78 is 5.27. The number of amides is 3. The van der Waals surface area contributed by atoms with Crippen LogP contribution < -0.4 is 10.6 Å². The molecule has 3 amide bonds. The van der Waals surface area contributed by atoms with Crippen LogP contribution in [0.5, 0.6) is 0 Å². The Bertz CT molecular complexity index is 870. The Morgan fingerprint density at radius 3 is 2.44 bits per heavy atom. The van der Waals surface area contributed by atoms with E-state index in [9.17, 15) is 19.2 Å². The van der Waals surface area contributed by atoms with Gasteiger partial charge in [0.05, 0.1) is 12.8 Å². The summed E-state index contributed by atoms with van der Waals surface area (Å²) in [5.41, 5.74) is -0.550. The van der Waals surface area contributed by atoms with E-state index in [0.29, 0.717) is 13.0 Å². The molecule has 1 aliphatic rings. The van der Waals surface area contributed by atoms with Crippen LogP contribution in [0.25, 0.3) is 0 Å². The van der Waals surface area contributed by atoms with Crippen molar-refractivity contribution in [2.24, 2.45) is 11.3 Å². The highest BCUT2D eigenvalue weighted by Gasteiger charge is 2.46. The normalized spacial score (nSPS) is 19.8. The van der Waals surface area contributed by atoms with Crippen LogP contribution in [-0.4, -0.2) is 69.8 Å². The van der Waals surface area contributed by atoms with Crippen LogP contribution in [0, 0.1) is 11.3 Å². The van der Waals surface area contributed by atoms with E-state index in [0.717, 1.165) is 12.8 Å². The molecule has 0 saturated carbocycles. The Labute approximate surface area is 201 Å². The molecule has 10 nitrogen and oxygen atoms in total. The highest BCUT2D eigenvalue weighted by Crippen LogP contribution is 2.32. The number of likely N-dealkylation sites (tertiary alicyclic amines) is 1. The zero-order valence-corrected chi connectivity index (χ0v) is 21.0. The summed E-state index contributed by atoms with van der Waals surface area (Å²) in [6, 6.07) is -2.48. The van der Waals surface area contributed by atoms with Crippen molar-refractivity contribution in [1.29, 1.82) is 0 Å². The standard InChI is InChI=1S/C24H37N5O5/c1-7-9-16-10-13-29(18(16)23(33)34-8-2)22(32)19(24(4,5)6)28-20(30)15(3)27-21(31)17-14-25-11-12-26-17/h11-12,14-16,18-19H,7-10,13H2,1-6H3,(H,27,31)(H,28,30)/t15?,16-,18?,19?/m0/s1.